The molecule has 1 aromatic heterocycles. The average molecular weight is 280 g/mol. The number of hydrogen-bond acceptors (Lipinski definition) is 4. The Morgan fingerprint density at radius 3 is 2.29 bits per heavy atom. The van der Waals surface area contributed by atoms with Crippen LogP contribution in [-0.4, -0.2) is 9.97 Å². The highest BCUT2D eigenvalue weighted by Crippen LogP contribution is 2.23. The molecule has 3 rings (SSSR count). The Bertz CT molecular complexity index is 742. The van der Waals surface area contributed by atoms with Gasteiger partial charge in [0.1, 0.15) is 0 Å². The molecule has 0 saturated heterocycles. The fraction of sp³-hybridized carbons (Fsp3) is 0. The van der Waals surface area contributed by atoms with Crippen LogP contribution in [-0.2, 0) is 0 Å². The zero-order valence-corrected chi connectivity index (χ0v) is 11.1. The summed E-state index contributed by atoms with van der Waals surface area (Å²) >= 11 is 0. The highest BCUT2D eigenvalue weighted by atomic mass is 19.1. The quantitative estimate of drug-likeness (QED) is 0.769. The van der Waals surface area contributed by atoms with E-state index in [1.165, 1.54) is 0 Å². The minimum absolute atomic E-state index is 0.0276. The summed E-state index contributed by atoms with van der Waals surface area (Å²) in [7, 11) is 0. The van der Waals surface area contributed by atoms with Crippen LogP contribution in [0.4, 0.5) is 21.8 Å². The first-order valence-electron chi connectivity index (χ1n) is 6.43. The third-order valence-corrected chi connectivity index (χ3v) is 3.02. The van der Waals surface area contributed by atoms with Crippen molar-refractivity contribution in [2.75, 3.05) is 11.1 Å². The molecular weight excluding hydrogens is 267 g/mol. The van der Waals surface area contributed by atoms with Gasteiger partial charge in [0.15, 0.2) is 11.6 Å². The molecule has 0 bridgehead atoms. The molecule has 21 heavy (non-hydrogen) atoms. The van der Waals surface area contributed by atoms with E-state index < -0.39 is 5.82 Å². The van der Waals surface area contributed by atoms with Gasteiger partial charge in [-0.15, -0.1) is 0 Å². The van der Waals surface area contributed by atoms with Gasteiger partial charge in [-0.05, 0) is 23.3 Å². The number of nitrogens with one attached hydrogen (secondary N) is 1. The number of nitrogen functional groups attached to an aromatic ring is 1. The van der Waals surface area contributed by atoms with Crippen LogP contribution in [0.2, 0.25) is 0 Å². The Morgan fingerprint density at radius 2 is 1.57 bits per heavy atom. The Labute approximate surface area is 121 Å². The summed E-state index contributed by atoms with van der Waals surface area (Å²) in [6.07, 6.45) is 1.04. The van der Waals surface area contributed by atoms with Crippen molar-refractivity contribution >= 4 is 17.5 Å². The molecule has 0 amide bonds. The van der Waals surface area contributed by atoms with Crippen molar-refractivity contribution in [1.29, 1.82) is 0 Å². The topological polar surface area (TPSA) is 63.8 Å². The first kappa shape index (κ1) is 13.1. The molecular formula is C16H13FN4. The summed E-state index contributed by atoms with van der Waals surface area (Å²) in [5.74, 6) is -0.453. The second-order valence-electron chi connectivity index (χ2n) is 4.49. The predicted octanol–water partition coefficient (Wildman–Crippen LogP) is 3.61. The summed E-state index contributed by atoms with van der Waals surface area (Å²) < 4.78 is 13.6. The fourth-order valence-corrected chi connectivity index (χ4v) is 1.98. The molecule has 0 aliphatic carbocycles. The predicted molar refractivity (Wildman–Crippen MR) is 81.6 cm³/mol. The maximum absolute atomic E-state index is 13.6. The van der Waals surface area contributed by atoms with Gasteiger partial charge in [-0.1, -0.05) is 42.5 Å². The van der Waals surface area contributed by atoms with E-state index in [4.69, 9.17) is 5.73 Å². The Kier molecular flexibility index (Phi) is 3.47. The van der Waals surface area contributed by atoms with Gasteiger partial charge in [-0.25, -0.2) is 9.37 Å². The molecule has 0 spiro atoms. The maximum Gasteiger partial charge on any atom is 0.222 e. The summed E-state index contributed by atoms with van der Waals surface area (Å²) in [4.78, 5) is 7.42. The molecule has 0 radical (unpaired) electrons. The van der Waals surface area contributed by atoms with Crippen molar-refractivity contribution in [2.45, 2.75) is 0 Å². The molecule has 3 aromatic rings. The summed E-state index contributed by atoms with van der Waals surface area (Å²) in [6.45, 7) is 0. The van der Waals surface area contributed by atoms with E-state index in [1.54, 1.807) is 0 Å². The summed E-state index contributed by atoms with van der Waals surface area (Å²) in [6, 6.07) is 17.7. The van der Waals surface area contributed by atoms with Gasteiger partial charge in [0, 0.05) is 5.69 Å². The van der Waals surface area contributed by atoms with Crippen molar-refractivity contribution in [2.24, 2.45) is 0 Å². The van der Waals surface area contributed by atoms with Crippen LogP contribution in [0.25, 0.3) is 11.1 Å². The Balaban J connectivity index is 1.83. The molecule has 0 atom stereocenters. The van der Waals surface area contributed by atoms with Crippen LogP contribution < -0.4 is 11.1 Å². The van der Waals surface area contributed by atoms with E-state index in [1.807, 2.05) is 54.6 Å². The highest BCUT2D eigenvalue weighted by molar-refractivity contribution is 5.67. The standard InChI is InChI=1S/C16H13FN4/c17-14-10-19-16(18)21-15(14)20-13-8-6-12(7-9-13)11-4-2-1-3-5-11/h1-10H,(H3,18,19,20,21). The molecule has 4 nitrogen and oxygen atoms in total. The van der Waals surface area contributed by atoms with Crippen LogP contribution in [0.1, 0.15) is 0 Å². The van der Waals surface area contributed by atoms with Gasteiger partial charge in [0.25, 0.3) is 0 Å². The number of aromatic nitrogens is 2. The lowest BCUT2D eigenvalue weighted by Crippen LogP contribution is -2.02. The third kappa shape index (κ3) is 2.97. The maximum atomic E-state index is 13.6. The lowest BCUT2D eigenvalue weighted by molar-refractivity contribution is 0.620. The monoisotopic (exact) mass is 280 g/mol. The Hall–Kier alpha value is -2.95. The third-order valence-electron chi connectivity index (χ3n) is 3.02. The van der Waals surface area contributed by atoms with E-state index in [9.17, 15) is 4.39 Å². The summed E-state index contributed by atoms with van der Waals surface area (Å²) in [5.41, 5.74) is 8.39. The van der Waals surface area contributed by atoms with Gasteiger partial charge in [0.05, 0.1) is 6.20 Å². The molecule has 0 unspecified atom stereocenters. The van der Waals surface area contributed by atoms with Gasteiger partial charge in [-0.2, -0.15) is 4.98 Å². The van der Waals surface area contributed by atoms with Crippen molar-refractivity contribution in [3.8, 4) is 11.1 Å². The van der Waals surface area contributed by atoms with Gasteiger partial charge >= 0.3 is 0 Å². The Morgan fingerprint density at radius 1 is 0.905 bits per heavy atom. The van der Waals surface area contributed by atoms with Gasteiger partial charge in [0.2, 0.25) is 5.95 Å². The van der Waals surface area contributed by atoms with Crippen LogP contribution in [0.15, 0.2) is 60.8 Å². The van der Waals surface area contributed by atoms with Gasteiger partial charge in [-0.3, -0.25) is 0 Å². The lowest BCUT2D eigenvalue weighted by atomic mass is 10.1. The zero-order chi connectivity index (χ0) is 14.7. The number of nitrogens with zero attached hydrogens (tertiary/aromatic N) is 2. The van der Waals surface area contributed by atoms with E-state index in [0.717, 1.165) is 23.0 Å². The highest BCUT2D eigenvalue weighted by Gasteiger charge is 2.06. The summed E-state index contributed by atoms with van der Waals surface area (Å²) in [5, 5.41) is 2.89. The normalized spacial score (nSPS) is 10.3. The van der Waals surface area contributed by atoms with Crippen molar-refractivity contribution in [3.63, 3.8) is 0 Å². The van der Waals surface area contributed by atoms with Gasteiger partial charge < -0.3 is 11.1 Å². The number of hydrogen-bond donors (Lipinski definition) is 2. The molecule has 104 valence electrons. The van der Waals surface area contributed by atoms with E-state index >= 15 is 0 Å². The molecule has 0 aliphatic heterocycles. The number of benzene rings is 2. The average Bonchev–Trinajstić information content (AvgIpc) is 2.53. The molecule has 5 heteroatoms. The van der Waals surface area contributed by atoms with Crippen LogP contribution in [0.5, 0.6) is 0 Å². The molecule has 0 aliphatic rings. The number of nitrogens with two attached hydrogens (primary N) is 1. The zero-order valence-electron chi connectivity index (χ0n) is 11.1. The molecule has 1 heterocycles. The minimum atomic E-state index is -0.545. The van der Waals surface area contributed by atoms with Crippen molar-refractivity contribution < 1.29 is 4.39 Å². The largest absolute Gasteiger partial charge is 0.368 e. The SMILES string of the molecule is Nc1ncc(F)c(Nc2ccc(-c3ccccc3)cc2)n1. The molecule has 0 saturated carbocycles. The van der Waals surface area contributed by atoms with Crippen LogP contribution in [0, 0.1) is 5.82 Å². The fourth-order valence-electron chi connectivity index (χ4n) is 1.98. The number of anilines is 3. The first-order valence-corrected chi connectivity index (χ1v) is 6.43. The van der Waals surface area contributed by atoms with Crippen LogP contribution in [0.3, 0.4) is 0 Å². The van der Waals surface area contributed by atoms with E-state index in [0.29, 0.717) is 0 Å². The van der Waals surface area contributed by atoms with Crippen molar-refractivity contribution in [1.82, 2.24) is 9.97 Å². The molecule has 3 N–H and O–H groups in total. The van der Waals surface area contributed by atoms with E-state index in [-0.39, 0.29) is 11.8 Å². The second-order valence-corrected chi connectivity index (χ2v) is 4.49. The molecule has 2 aromatic carbocycles. The van der Waals surface area contributed by atoms with Crippen LogP contribution >= 0.6 is 0 Å². The number of halogens is 1. The second kappa shape index (κ2) is 5.58. The van der Waals surface area contributed by atoms with Crippen molar-refractivity contribution in [3.05, 3.63) is 66.6 Å². The van der Waals surface area contributed by atoms with E-state index in [2.05, 4.69) is 15.3 Å². The molecule has 0 fully saturated rings. The first-order chi connectivity index (χ1) is 10.2. The smallest absolute Gasteiger partial charge is 0.222 e. The minimum Gasteiger partial charge on any atom is -0.368 e. The number of rotatable bonds is 3. The lowest BCUT2D eigenvalue weighted by Gasteiger charge is -2.08.